The molecular weight excluding hydrogens is 196 g/mol. The van der Waals surface area contributed by atoms with Gasteiger partial charge in [-0.3, -0.25) is 0 Å². The molecule has 2 N–H and O–H groups in total. The van der Waals surface area contributed by atoms with E-state index in [9.17, 15) is 10.2 Å². The van der Waals surface area contributed by atoms with E-state index in [1.165, 1.54) is 0 Å². The van der Waals surface area contributed by atoms with Crippen molar-refractivity contribution in [2.45, 2.75) is 26.1 Å². The van der Waals surface area contributed by atoms with Crippen LogP contribution in [0.1, 0.15) is 22.8 Å². The molecule has 0 aromatic heterocycles. The standard InChI is InChI=1S/C11H16O2S/c1-7-3-8(2)5-9(4-7)11(13)10(12)6-14/h3-5,10-14H,6H2,1-2H3. The summed E-state index contributed by atoms with van der Waals surface area (Å²) in [5.74, 6) is 0.258. The van der Waals surface area contributed by atoms with Crippen LogP contribution in [0.4, 0.5) is 0 Å². The smallest absolute Gasteiger partial charge is 0.106 e. The minimum atomic E-state index is -0.842. The highest BCUT2D eigenvalue weighted by molar-refractivity contribution is 7.80. The van der Waals surface area contributed by atoms with Crippen LogP contribution >= 0.6 is 12.6 Å². The lowest BCUT2D eigenvalue weighted by Crippen LogP contribution is -2.19. The topological polar surface area (TPSA) is 40.5 Å². The average molecular weight is 212 g/mol. The third-order valence-electron chi connectivity index (χ3n) is 2.14. The molecule has 0 aliphatic heterocycles. The Labute approximate surface area is 90.0 Å². The number of aliphatic hydroxyl groups excluding tert-OH is 2. The largest absolute Gasteiger partial charge is 0.389 e. The Morgan fingerprint density at radius 1 is 1.14 bits per heavy atom. The van der Waals surface area contributed by atoms with Crippen LogP contribution in [0.15, 0.2) is 18.2 Å². The van der Waals surface area contributed by atoms with E-state index < -0.39 is 12.2 Å². The zero-order chi connectivity index (χ0) is 10.7. The first kappa shape index (κ1) is 11.6. The SMILES string of the molecule is Cc1cc(C)cc(C(O)C(O)CS)c1. The highest BCUT2D eigenvalue weighted by Crippen LogP contribution is 2.20. The van der Waals surface area contributed by atoms with Crippen LogP contribution in [-0.2, 0) is 0 Å². The molecule has 1 aromatic rings. The number of thiol groups is 1. The van der Waals surface area contributed by atoms with E-state index in [2.05, 4.69) is 12.6 Å². The summed E-state index contributed by atoms with van der Waals surface area (Å²) >= 11 is 3.95. The van der Waals surface area contributed by atoms with Crippen molar-refractivity contribution in [2.24, 2.45) is 0 Å². The summed E-state index contributed by atoms with van der Waals surface area (Å²) in [6, 6.07) is 5.79. The van der Waals surface area contributed by atoms with Crippen LogP contribution < -0.4 is 0 Å². The van der Waals surface area contributed by atoms with Gasteiger partial charge in [0.05, 0.1) is 6.10 Å². The van der Waals surface area contributed by atoms with Gasteiger partial charge in [-0.15, -0.1) is 0 Å². The van der Waals surface area contributed by atoms with Gasteiger partial charge in [0, 0.05) is 5.75 Å². The number of benzene rings is 1. The van der Waals surface area contributed by atoms with Crippen molar-refractivity contribution in [3.63, 3.8) is 0 Å². The lowest BCUT2D eigenvalue weighted by molar-refractivity contribution is 0.0337. The molecule has 78 valence electrons. The van der Waals surface area contributed by atoms with Crippen molar-refractivity contribution in [1.29, 1.82) is 0 Å². The van der Waals surface area contributed by atoms with E-state index in [1.54, 1.807) is 0 Å². The van der Waals surface area contributed by atoms with Crippen LogP contribution in [0.25, 0.3) is 0 Å². The summed E-state index contributed by atoms with van der Waals surface area (Å²) in [4.78, 5) is 0. The summed E-state index contributed by atoms with van der Waals surface area (Å²) in [5, 5.41) is 19.2. The molecule has 0 heterocycles. The molecule has 0 aliphatic rings. The van der Waals surface area contributed by atoms with Gasteiger partial charge < -0.3 is 10.2 Å². The van der Waals surface area contributed by atoms with Crippen LogP contribution in [0.3, 0.4) is 0 Å². The number of hydrogen-bond acceptors (Lipinski definition) is 3. The zero-order valence-electron chi connectivity index (χ0n) is 8.44. The average Bonchev–Trinajstić information content (AvgIpc) is 2.14. The summed E-state index contributed by atoms with van der Waals surface area (Å²) in [7, 11) is 0. The highest BCUT2D eigenvalue weighted by atomic mass is 32.1. The maximum Gasteiger partial charge on any atom is 0.106 e. The van der Waals surface area contributed by atoms with Crippen LogP contribution in [-0.4, -0.2) is 22.1 Å². The molecule has 0 fully saturated rings. The van der Waals surface area contributed by atoms with Gasteiger partial charge in [-0.2, -0.15) is 12.6 Å². The molecule has 0 amide bonds. The van der Waals surface area contributed by atoms with Crippen molar-refractivity contribution >= 4 is 12.6 Å². The van der Waals surface area contributed by atoms with Crippen LogP contribution in [0.2, 0.25) is 0 Å². The van der Waals surface area contributed by atoms with Crippen LogP contribution in [0, 0.1) is 13.8 Å². The molecule has 14 heavy (non-hydrogen) atoms. The third kappa shape index (κ3) is 2.74. The Kier molecular flexibility index (Phi) is 3.98. The van der Waals surface area contributed by atoms with Gasteiger partial charge in [-0.1, -0.05) is 29.3 Å². The van der Waals surface area contributed by atoms with Gasteiger partial charge in [0.25, 0.3) is 0 Å². The Balaban J connectivity index is 2.94. The second-order valence-electron chi connectivity index (χ2n) is 3.62. The normalized spacial score (nSPS) is 15.2. The van der Waals surface area contributed by atoms with Gasteiger partial charge in [-0.05, 0) is 19.4 Å². The first-order valence-corrected chi connectivity index (χ1v) is 5.23. The van der Waals surface area contributed by atoms with Crippen molar-refractivity contribution in [1.82, 2.24) is 0 Å². The molecule has 0 aliphatic carbocycles. The number of aryl methyl sites for hydroxylation is 2. The summed E-state index contributed by atoms with van der Waals surface area (Å²) in [6.07, 6.45) is -1.65. The van der Waals surface area contributed by atoms with Gasteiger partial charge in [0.2, 0.25) is 0 Å². The molecule has 2 atom stereocenters. The minimum Gasteiger partial charge on any atom is -0.389 e. The number of hydrogen-bond donors (Lipinski definition) is 3. The Morgan fingerprint density at radius 2 is 1.64 bits per heavy atom. The molecule has 0 bridgehead atoms. The van der Waals surface area contributed by atoms with Gasteiger partial charge in [0.1, 0.15) is 6.10 Å². The predicted octanol–water partition coefficient (Wildman–Crippen LogP) is 1.63. The fourth-order valence-corrected chi connectivity index (χ4v) is 1.70. The number of rotatable bonds is 3. The van der Waals surface area contributed by atoms with E-state index in [4.69, 9.17) is 0 Å². The van der Waals surface area contributed by atoms with Gasteiger partial charge in [-0.25, -0.2) is 0 Å². The van der Waals surface area contributed by atoms with Crippen molar-refractivity contribution in [2.75, 3.05) is 5.75 Å². The molecule has 2 unspecified atom stereocenters. The lowest BCUT2D eigenvalue weighted by Gasteiger charge is -2.17. The molecule has 0 saturated heterocycles. The molecule has 3 heteroatoms. The molecule has 0 spiro atoms. The van der Waals surface area contributed by atoms with E-state index in [0.717, 1.165) is 16.7 Å². The summed E-state index contributed by atoms with van der Waals surface area (Å²) < 4.78 is 0. The monoisotopic (exact) mass is 212 g/mol. The van der Waals surface area contributed by atoms with E-state index >= 15 is 0 Å². The Morgan fingerprint density at radius 3 is 2.07 bits per heavy atom. The fraction of sp³-hybridized carbons (Fsp3) is 0.455. The van der Waals surface area contributed by atoms with Gasteiger partial charge in [0.15, 0.2) is 0 Å². The maximum atomic E-state index is 9.74. The lowest BCUT2D eigenvalue weighted by atomic mass is 10.0. The van der Waals surface area contributed by atoms with Crippen molar-refractivity contribution < 1.29 is 10.2 Å². The van der Waals surface area contributed by atoms with Crippen molar-refractivity contribution in [3.8, 4) is 0 Å². The summed E-state index contributed by atoms with van der Waals surface area (Å²) in [5.41, 5.74) is 2.93. The van der Waals surface area contributed by atoms with E-state index in [0.29, 0.717) is 0 Å². The second-order valence-corrected chi connectivity index (χ2v) is 3.98. The molecule has 1 aromatic carbocycles. The molecule has 0 radical (unpaired) electrons. The van der Waals surface area contributed by atoms with Gasteiger partial charge >= 0.3 is 0 Å². The minimum absolute atomic E-state index is 0.258. The first-order chi connectivity index (χ1) is 6.54. The quantitative estimate of drug-likeness (QED) is 0.666. The predicted molar refractivity (Wildman–Crippen MR) is 60.7 cm³/mol. The number of aliphatic hydroxyl groups is 2. The Hall–Kier alpha value is -0.510. The molecular formula is C11H16O2S. The second kappa shape index (κ2) is 4.82. The fourth-order valence-electron chi connectivity index (χ4n) is 1.50. The molecule has 1 rings (SSSR count). The first-order valence-electron chi connectivity index (χ1n) is 4.59. The van der Waals surface area contributed by atoms with Crippen molar-refractivity contribution in [3.05, 3.63) is 34.9 Å². The third-order valence-corrected chi connectivity index (χ3v) is 2.51. The van der Waals surface area contributed by atoms with Crippen LogP contribution in [0.5, 0.6) is 0 Å². The maximum absolute atomic E-state index is 9.74. The van der Waals surface area contributed by atoms with E-state index in [-0.39, 0.29) is 5.75 Å². The Bertz CT molecular complexity index is 292. The zero-order valence-corrected chi connectivity index (χ0v) is 9.33. The highest BCUT2D eigenvalue weighted by Gasteiger charge is 2.16. The summed E-state index contributed by atoms with van der Waals surface area (Å²) in [6.45, 7) is 3.94. The van der Waals surface area contributed by atoms with E-state index in [1.807, 2.05) is 32.0 Å². The molecule has 0 saturated carbocycles. The molecule has 2 nitrogen and oxygen atoms in total.